The van der Waals surface area contributed by atoms with Crippen LogP contribution in [-0.2, 0) is 26.0 Å². The molecule has 2 amide bonds. The number of piperidine rings is 3. The lowest BCUT2D eigenvalue weighted by atomic mass is 9.75. The minimum atomic E-state index is -3.65. The molecule has 7 nitrogen and oxygen atoms in total. The zero-order valence-corrected chi connectivity index (χ0v) is 23.1. The Balaban J connectivity index is 1.29. The van der Waals surface area contributed by atoms with Crippen molar-refractivity contribution >= 4 is 21.8 Å². The second-order valence-corrected chi connectivity index (χ2v) is 14.4. The summed E-state index contributed by atoms with van der Waals surface area (Å²) in [6, 6.07) is 8.77. The first-order valence-electron chi connectivity index (χ1n) is 14.4. The molecule has 4 heterocycles. The van der Waals surface area contributed by atoms with Crippen molar-refractivity contribution in [2.45, 2.75) is 101 Å². The molecule has 5 aliphatic rings. The summed E-state index contributed by atoms with van der Waals surface area (Å²) in [6.45, 7) is 6.43. The third kappa shape index (κ3) is 4.09. The van der Waals surface area contributed by atoms with E-state index in [0.29, 0.717) is 31.7 Å². The number of carbonyl (C=O) groups excluding carboxylic acids is 2. The molecule has 3 saturated heterocycles. The van der Waals surface area contributed by atoms with Crippen LogP contribution in [0.4, 0.5) is 0 Å². The lowest BCUT2D eigenvalue weighted by Gasteiger charge is -2.53. The highest BCUT2D eigenvalue weighted by molar-refractivity contribution is 7.89. The molecule has 0 N–H and O–H groups in total. The van der Waals surface area contributed by atoms with Crippen LogP contribution < -0.4 is 0 Å². The van der Waals surface area contributed by atoms with Gasteiger partial charge in [0.25, 0.3) is 0 Å². The Kier molecular flexibility index (Phi) is 6.52. The summed E-state index contributed by atoms with van der Waals surface area (Å²) in [4.78, 5) is 30.4. The van der Waals surface area contributed by atoms with Gasteiger partial charge in [0, 0.05) is 56.0 Å². The Morgan fingerprint density at radius 2 is 1.81 bits per heavy atom. The minimum Gasteiger partial charge on any atom is -0.296 e. The lowest BCUT2D eigenvalue weighted by molar-refractivity contribution is -0.155. The molecule has 4 aliphatic heterocycles. The molecule has 1 aromatic carbocycles. The third-order valence-electron chi connectivity index (χ3n) is 10.4. The fraction of sp³-hybridized carbons (Fsp3) is 0.724. The number of fused-ring (bicyclic) bond motifs is 4. The Labute approximate surface area is 221 Å². The second kappa shape index (κ2) is 9.45. The average molecular weight is 528 g/mol. The van der Waals surface area contributed by atoms with Gasteiger partial charge in [0.2, 0.25) is 21.8 Å². The number of nitrogens with zero attached hydrogens (tertiary/aromatic N) is 3. The number of carbonyl (C=O) groups is 2. The van der Waals surface area contributed by atoms with Crippen LogP contribution in [0.3, 0.4) is 0 Å². The fourth-order valence-electron chi connectivity index (χ4n) is 8.46. The van der Waals surface area contributed by atoms with Crippen LogP contribution in [0.2, 0.25) is 0 Å². The van der Waals surface area contributed by atoms with Gasteiger partial charge in [0.15, 0.2) is 0 Å². The predicted molar refractivity (Wildman–Crippen MR) is 142 cm³/mol. The predicted octanol–water partition coefficient (Wildman–Crippen LogP) is 3.89. The van der Waals surface area contributed by atoms with Gasteiger partial charge in [0.1, 0.15) is 0 Å². The summed E-state index contributed by atoms with van der Waals surface area (Å²) in [5.74, 6) is -0.0226. The van der Waals surface area contributed by atoms with Gasteiger partial charge in [-0.25, -0.2) is 8.42 Å². The maximum atomic E-state index is 14.5. The van der Waals surface area contributed by atoms with Gasteiger partial charge in [-0.15, -0.1) is 0 Å². The van der Waals surface area contributed by atoms with E-state index in [9.17, 15) is 18.0 Å². The largest absolute Gasteiger partial charge is 0.296 e. The van der Waals surface area contributed by atoms with Gasteiger partial charge in [-0.1, -0.05) is 37.6 Å². The van der Waals surface area contributed by atoms with E-state index >= 15 is 0 Å². The molecule has 4 fully saturated rings. The SMILES string of the molecule is CCC(C)N1C(=O)CC2(CCCC2S(=O)(=O)N2CCC[C@@H]3CN4CCc5ccccc5[C@@H]4C[C@@H]32)CC1=O. The summed E-state index contributed by atoms with van der Waals surface area (Å²) in [5, 5.41) is -0.637. The van der Waals surface area contributed by atoms with Gasteiger partial charge in [0.05, 0.1) is 5.25 Å². The quantitative estimate of drug-likeness (QED) is 0.556. The van der Waals surface area contributed by atoms with Crippen molar-refractivity contribution in [1.82, 2.24) is 14.1 Å². The zero-order valence-electron chi connectivity index (χ0n) is 22.3. The third-order valence-corrected chi connectivity index (χ3v) is 13.0. The smallest absolute Gasteiger partial charge is 0.230 e. The van der Waals surface area contributed by atoms with Crippen LogP contribution in [0.25, 0.3) is 0 Å². The van der Waals surface area contributed by atoms with E-state index in [4.69, 9.17) is 0 Å². The molecule has 0 bridgehead atoms. The highest BCUT2D eigenvalue weighted by Gasteiger charge is 2.58. The Morgan fingerprint density at radius 1 is 1.05 bits per heavy atom. The van der Waals surface area contributed by atoms with Gasteiger partial charge < -0.3 is 0 Å². The summed E-state index contributed by atoms with van der Waals surface area (Å²) in [6.07, 6.45) is 6.88. The van der Waals surface area contributed by atoms with Crippen molar-refractivity contribution in [3.63, 3.8) is 0 Å². The number of benzene rings is 1. The standard InChI is InChI=1S/C29H41N3O4S/c1-3-20(2)32-27(33)17-29(18-28(32)34)13-6-11-26(29)37(35,36)31-14-7-9-22-19-30-15-12-21-8-4-5-10-23(21)25(30)16-24(22)31/h4-5,8,10,20,22,24-26H,3,6-7,9,11-19H2,1-2H3/t20?,22-,24+,25+,26?/m1/s1. The summed E-state index contributed by atoms with van der Waals surface area (Å²) in [7, 11) is -3.65. The molecule has 5 atom stereocenters. The zero-order chi connectivity index (χ0) is 25.9. The molecular weight excluding hydrogens is 486 g/mol. The number of sulfonamides is 1. The van der Waals surface area contributed by atoms with Crippen LogP contribution in [0.5, 0.6) is 0 Å². The molecule has 0 radical (unpaired) electrons. The van der Waals surface area contributed by atoms with Crippen molar-refractivity contribution < 1.29 is 18.0 Å². The van der Waals surface area contributed by atoms with Crippen molar-refractivity contribution in [3.05, 3.63) is 35.4 Å². The Morgan fingerprint density at radius 3 is 2.57 bits per heavy atom. The fourth-order valence-corrected chi connectivity index (χ4v) is 11.2. The molecule has 1 spiro atoms. The van der Waals surface area contributed by atoms with Gasteiger partial charge in [-0.3, -0.25) is 19.4 Å². The van der Waals surface area contributed by atoms with Crippen LogP contribution in [0, 0.1) is 11.3 Å². The number of hydrogen-bond donors (Lipinski definition) is 0. The monoisotopic (exact) mass is 527 g/mol. The van der Waals surface area contributed by atoms with Crippen molar-refractivity contribution in [2.75, 3.05) is 19.6 Å². The first kappa shape index (κ1) is 25.5. The van der Waals surface area contributed by atoms with E-state index < -0.39 is 20.7 Å². The minimum absolute atomic E-state index is 0.00425. The number of rotatable bonds is 4. The summed E-state index contributed by atoms with van der Waals surface area (Å²) < 4.78 is 30.8. The van der Waals surface area contributed by atoms with Gasteiger partial charge in [-0.2, -0.15) is 4.31 Å². The van der Waals surface area contributed by atoms with E-state index in [1.165, 1.54) is 16.0 Å². The van der Waals surface area contributed by atoms with Crippen LogP contribution >= 0.6 is 0 Å². The van der Waals surface area contributed by atoms with Crippen LogP contribution in [-0.4, -0.2) is 71.3 Å². The highest BCUT2D eigenvalue weighted by Crippen LogP contribution is 2.53. The maximum absolute atomic E-state index is 14.5. The molecule has 202 valence electrons. The van der Waals surface area contributed by atoms with Crippen LogP contribution in [0.1, 0.15) is 88.8 Å². The molecule has 1 aromatic rings. The average Bonchev–Trinajstić information content (AvgIpc) is 3.29. The summed E-state index contributed by atoms with van der Waals surface area (Å²) in [5.41, 5.74) is 2.01. The normalized spacial score (nSPS) is 33.2. The number of imide groups is 1. The molecule has 0 aromatic heterocycles. The molecule has 2 unspecified atom stereocenters. The summed E-state index contributed by atoms with van der Waals surface area (Å²) >= 11 is 0. The molecule has 37 heavy (non-hydrogen) atoms. The Bertz CT molecular complexity index is 1170. The van der Waals surface area contributed by atoms with E-state index in [1.54, 1.807) is 0 Å². The first-order valence-corrected chi connectivity index (χ1v) is 15.9. The van der Waals surface area contributed by atoms with E-state index in [-0.39, 0.29) is 42.8 Å². The van der Waals surface area contributed by atoms with E-state index in [2.05, 4.69) is 29.2 Å². The van der Waals surface area contributed by atoms with E-state index in [0.717, 1.165) is 45.2 Å². The maximum Gasteiger partial charge on any atom is 0.230 e. The van der Waals surface area contributed by atoms with Crippen LogP contribution in [0.15, 0.2) is 24.3 Å². The first-order chi connectivity index (χ1) is 17.7. The van der Waals surface area contributed by atoms with Crippen molar-refractivity contribution in [2.24, 2.45) is 11.3 Å². The molecule has 8 heteroatoms. The Hall–Kier alpha value is -1.77. The van der Waals surface area contributed by atoms with Gasteiger partial charge in [-0.05, 0) is 68.9 Å². The molecule has 1 saturated carbocycles. The number of hydrogen-bond acceptors (Lipinski definition) is 5. The van der Waals surface area contributed by atoms with E-state index in [1.807, 2.05) is 18.2 Å². The highest BCUT2D eigenvalue weighted by atomic mass is 32.2. The number of likely N-dealkylation sites (tertiary alicyclic amines) is 1. The topological polar surface area (TPSA) is 78.0 Å². The second-order valence-electron chi connectivity index (χ2n) is 12.3. The number of amides is 2. The lowest BCUT2D eigenvalue weighted by Crippen LogP contribution is -2.61. The van der Waals surface area contributed by atoms with Crippen molar-refractivity contribution in [1.29, 1.82) is 0 Å². The molecule has 6 rings (SSSR count). The molecule has 1 aliphatic carbocycles. The van der Waals surface area contributed by atoms with Crippen molar-refractivity contribution in [3.8, 4) is 0 Å². The molecular formula is C29H41N3O4S. The van der Waals surface area contributed by atoms with Gasteiger partial charge >= 0.3 is 0 Å².